The van der Waals surface area contributed by atoms with Gasteiger partial charge in [0.15, 0.2) is 0 Å². The van der Waals surface area contributed by atoms with Crippen LogP contribution in [0.4, 0.5) is 0 Å². The monoisotopic (exact) mass is 354 g/mol. The quantitative estimate of drug-likeness (QED) is 0.610. The molecule has 0 aliphatic carbocycles. The lowest BCUT2D eigenvalue weighted by Gasteiger charge is -2.16. The fourth-order valence-electron chi connectivity index (χ4n) is 1.09. The largest absolute Gasteiger partial charge is 0.468 e. The van der Waals surface area contributed by atoms with Crippen LogP contribution in [-0.2, 0) is 9.53 Å². The zero-order chi connectivity index (χ0) is 11.4. The lowest BCUT2D eigenvalue weighted by atomic mass is 10.1. The van der Waals surface area contributed by atoms with Crippen LogP contribution in [0.25, 0.3) is 0 Å². The van der Waals surface area contributed by atoms with Gasteiger partial charge in [0.25, 0.3) is 0 Å². The second-order valence-corrected chi connectivity index (χ2v) is 5.23. The van der Waals surface area contributed by atoms with Crippen molar-refractivity contribution in [2.45, 2.75) is 9.65 Å². The molecule has 0 amide bonds. The van der Waals surface area contributed by atoms with Crippen LogP contribution >= 0.6 is 43.5 Å². The van der Waals surface area contributed by atoms with Gasteiger partial charge < -0.3 is 4.74 Å². The Labute approximate surface area is 110 Å². The molecule has 0 heterocycles. The maximum atomic E-state index is 11.3. The summed E-state index contributed by atoms with van der Waals surface area (Å²) >= 11 is 12.7. The van der Waals surface area contributed by atoms with Gasteiger partial charge in [-0.2, -0.15) is 0 Å². The van der Waals surface area contributed by atoms with Gasteiger partial charge in [-0.05, 0) is 11.6 Å². The van der Waals surface area contributed by atoms with Crippen molar-refractivity contribution < 1.29 is 9.53 Å². The van der Waals surface area contributed by atoms with Crippen molar-refractivity contribution in [2.75, 3.05) is 7.11 Å². The molecule has 1 aromatic rings. The molecule has 0 N–H and O–H groups in total. The van der Waals surface area contributed by atoms with Crippen LogP contribution in [-0.4, -0.2) is 17.9 Å². The number of rotatable bonds is 3. The molecule has 0 radical (unpaired) electrons. The zero-order valence-electron chi connectivity index (χ0n) is 7.91. The first-order chi connectivity index (χ1) is 7.07. The number of esters is 1. The number of methoxy groups -OCH3 is 1. The molecule has 1 rings (SSSR count). The summed E-state index contributed by atoms with van der Waals surface area (Å²) in [4.78, 5) is 10.6. The van der Waals surface area contributed by atoms with Crippen molar-refractivity contribution in [2.24, 2.45) is 0 Å². The van der Waals surface area contributed by atoms with E-state index in [0.29, 0.717) is 5.02 Å². The third-order valence-corrected chi connectivity index (χ3v) is 4.86. The van der Waals surface area contributed by atoms with Gasteiger partial charge in [0, 0.05) is 5.02 Å². The Bertz CT molecular complexity index is 357. The van der Waals surface area contributed by atoms with E-state index < -0.39 is 4.83 Å². The van der Waals surface area contributed by atoms with Gasteiger partial charge in [-0.25, -0.2) is 0 Å². The van der Waals surface area contributed by atoms with Crippen molar-refractivity contribution >= 4 is 49.4 Å². The van der Waals surface area contributed by atoms with E-state index >= 15 is 0 Å². The molecule has 82 valence electrons. The third kappa shape index (κ3) is 3.20. The highest BCUT2D eigenvalue weighted by Gasteiger charge is 2.26. The van der Waals surface area contributed by atoms with Gasteiger partial charge in [-0.1, -0.05) is 61.7 Å². The fraction of sp³-hybridized carbons (Fsp3) is 0.300. The first-order valence-electron chi connectivity index (χ1n) is 4.18. The van der Waals surface area contributed by atoms with Crippen LogP contribution in [0.5, 0.6) is 0 Å². The van der Waals surface area contributed by atoms with Gasteiger partial charge in [0.2, 0.25) is 0 Å². The summed E-state index contributed by atoms with van der Waals surface area (Å²) in [6, 6.07) is 7.35. The number of carbonyl (C=O) groups excluding carboxylic acids is 1. The molecule has 0 aliphatic rings. The number of hydrogen-bond donors (Lipinski definition) is 0. The Morgan fingerprint density at radius 1 is 1.40 bits per heavy atom. The van der Waals surface area contributed by atoms with E-state index in [1.807, 2.05) is 18.2 Å². The zero-order valence-corrected chi connectivity index (χ0v) is 11.8. The molecular weight excluding hydrogens is 347 g/mol. The van der Waals surface area contributed by atoms with E-state index in [2.05, 4.69) is 36.6 Å². The predicted octanol–water partition coefficient (Wildman–Crippen LogP) is 3.71. The van der Waals surface area contributed by atoms with Gasteiger partial charge >= 0.3 is 5.97 Å². The summed E-state index contributed by atoms with van der Waals surface area (Å²) in [5.41, 5.74) is 0.853. The SMILES string of the molecule is COC(=O)[C@H](Br)[C@H](Br)c1ccccc1Cl. The first kappa shape index (κ1) is 13.0. The minimum atomic E-state index is -0.456. The number of benzene rings is 1. The average Bonchev–Trinajstić information content (AvgIpc) is 2.26. The van der Waals surface area contributed by atoms with E-state index in [0.717, 1.165) is 5.56 Å². The molecule has 0 aromatic heterocycles. The smallest absolute Gasteiger partial charge is 0.320 e. The summed E-state index contributed by atoms with van der Waals surface area (Å²) in [5.74, 6) is -0.336. The summed E-state index contributed by atoms with van der Waals surface area (Å²) in [5, 5.41) is 0.618. The van der Waals surface area contributed by atoms with Crippen LogP contribution in [0.2, 0.25) is 5.02 Å². The summed E-state index contributed by atoms with van der Waals surface area (Å²) in [6.45, 7) is 0. The minimum absolute atomic E-state index is 0.210. The molecule has 5 heteroatoms. The maximum Gasteiger partial charge on any atom is 0.320 e. The second kappa shape index (κ2) is 5.87. The molecule has 1 aromatic carbocycles. The van der Waals surface area contributed by atoms with Crippen LogP contribution in [0.3, 0.4) is 0 Å². The highest BCUT2D eigenvalue weighted by molar-refractivity contribution is 9.12. The molecule has 2 atom stereocenters. The highest BCUT2D eigenvalue weighted by Crippen LogP contribution is 2.35. The Morgan fingerprint density at radius 2 is 2.00 bits per heavy atom. The van der Waals surface area contributed by atoms with Gasteiger partial charge in [-0.15, -0.1) is 0 Å². The Kier molecular flexibility index (Phi) is 5.09. The van der Waals surface area contributed by atoms with Crippen molar-refractivity contribution in [3.8, 4) is 0 Å². The van der Waals surface area contributed by atoms with E-state index in [1.165, 1.54) is 7.11 Å². The molecule has 0 saturated heterocycles. The van der Waals surface area contributed by atoms with Crippen molar-refractivity contribution in [3.05, 3.63) is 34.9 Å². The van der Waals surface area contributed by atoms with Crippen molar-refractivity contribution in [3.63, 3.8) is 0 Å². The lowest BCUT2D eigenvalue weighted by Crippen LogP contribution is -2.20. The van der Waals surface area contributed by atoms with E-state index in [9.17, 15) is 4.79 Å². The number of alkyl halides is 2. The molecule has 0 saturated carbocycles. The van der Waals surface area contributed by atoms with Crippen LogP contribution in [0.1, 0.15) is 10.4 Å². The standard InChI is InChI=1S/C10H9Br2ClO2/c1-15-10(14)9(12)8(11)6-4-2-3-5-7(6)13/h2-5,8-9H,1H3/t8-,9-/m1/s1. The normalized spacial score (nSPS) is 14.4. The Hall–Kier alpha value is -0.0600. The minimum Gasteiger partial charge on any atom is -0.468 e. The lowest BCUT2D eigenvalue weighted by molar-refractivity contribution is -0.139. The van der Waals surface area contributed by atoms with E-state index in [-0.39, 0.29) is 10.8 Å². The summed E-state index contributed by atoms with van der Waals surface area (Å²) in [7, 11) is 1.35. The predicted molar refractivity (Wildman–Crippen MR) is 67.9 cm³/mol. The fourth-order valence-corrected chi connectivity index (χ4v) is 2.56. The third-order valence-electron chi connectivity index (χ3n) is 1.89. The van der Waals surface area contributed by atoms with Gasteiger partial charge in [-0.3, -0.25) is 4.79 Å². The number of ether oxygens (including phenoxy) is 1. The number of halogens is 3. The second-order valence-electron chi connectivity index (χ2n) is 2.85. The summed E-state index contributed by atoms with van der Waals surface area (Å²) < 4.78 is 4.64. The molecule has 2 nitrogen and oxygen atoms in total. The molecular formula is C10H9Br2ClO2. The van der Waals surface area contributed by atoms with E-state index in [4.69, 9.17) is 11.6 Å². The van der Waals surface area contributed by atoms with Gasteiger partial charge in [0.1, 0.15) is 4.83 Å². The van der Waals surface area contributed by atoms with E-state index in [1.54, 1.807) is 6.07 Å². The molecule has 0 unspecified atom stereocenters. The molecule has 0 aliphatic heterocycles. The Morgan fingerprint density at radius 3 is 2.53 bits per heavy atom. The molecule has 0 spiro atoms. The average molecular weight is 356 g/mol. The van der Waals surface area contributed by atoms with Crippen LogP contribution in [0.15, 0.2) is 24.3 Å². The molecule has 0 bridgehead atoms. The maximum absolute atomic E-state index is 11.3. The molecule has 15 heavy (non-hydrogen) atoms. The van der Waals surface area contributed by atoms with Crippen molar-refractivity contribution in [1.82, 2.24) is 0 Å². The first-order valence-corrected chi connectivity index (χ1v) is 6.39. The number of hydrogen-bond acceptors (Lipinski definition) is 2. The number of carbonyl (C=O) groups is 1. The van der Waals surface area contributed by atoms with Gasteiger partial charge in [0.05, 0.1) is 11.9 Å². The van der Waals surface area contributed by atoms with Crippen LogP contribution < -0.4 is 0 Å². The topological polar surface area (TPSA) is 26.3 Å². The van der Waals surface area contributed by atoms with Crippen molar-refractivity contribution in [1.29, 1.82) is 0 Å². The van der Waals surface area contributed by atoms with Crippen LogP contribution in [0, 0.1) is 0 Å². The molecule has 0 fully saturated rings. The highest BCUT2D eigenvalue weighted by atomic mass is 79.9. The summed E-state index contributed by atoms with van der Waals surface area (Å²) in [6.07, 6.45) is 0. The Balaban J connectivity index is 2.89.